The van der Waals surface area contributed by atoms with Crippen molar-refractivity contribution in [3.8, 4) is 0 Å². The van der Waals surface area contributed by atoms with Crippen LogP contribution in [0.4, 0.5) is 0 Å². The summed E-state index contributed by atoms with van der Waals surface area (Å²) in [5, 5.41) is 5.10. The maximum atomic E-state index is 13.6. The second kappa shape index (κ2) is 12.9. The van der Waals surface area contributed by atoms with Gasteiger partial charge in [-0.05, 0) is 48.6 Å². The van der Waals surface area contributed by atoms with Crippen molar-refractivity contribution in [2.45, 2.75) is 78.8 Å². The van der Waals surface area contributed by atoms with E-state index in [9.17, 15) is 14.4 Å². The molecule has 1 aliphatic rings. The summed E-state index contributed by atoms with van der Waals surface area (Å²) in [5.41, 5.74) is 0.552. The number of nitrogens with zero attached hydrogens (tertiary/aromatic N) is 2. The summed E-state index contributed by atoms with van der Waals surface area (Å²) in [5.74, 6) is -0.0220. The van der Waals surface area contributed by atoms with Crippen LogP contribution in [0, 0.1) is 11.8 Å². The number of amides is 3. The second-order valence-electron chi connectivity index (χ2n) is 10.3. The summed E-state index contributed by atoms with van der Waals surface area (Å²) in [6, 6.07) is 12.9. The zero-order valence-corrected chi connectivity index (χ0v) is 22.6. The van der Waals surface area contributed by atoms with Gasteiger partial charge in [-0.1, -0.05) is 77.3 Å². The molecule has 196 valence electrons. The summed E-state index contributed by atoms with van der Waals surface area (Å²) < 4.78 is 0. The Balaban J connectivity index is 1.69. The average Bonchev–Trinajstić information content (AvgIpc) is 2.90. The minimum absolute atomic E-state index is 0.00427. The first-order valence-electron chi connectivity index (χ1n) is 13.7. The Hall–Kier alpha value is -2.89. The fourth-order valence-electron chi connectivity index (χ4n) is 5.11. The Bertz CT molecular complexity index is 1050. The highest BCUT2D eigenvalue weighted by atomic mass is 16.2. The predicted molar refractivity (Wildman–Crippen MR) is 146 cm³/mol. The zero-order valence-electron chi connectivity index (χ0n) is 22.6. The van der Waals surface area contributed by atoms with Crippen molar-refractivity contribution in [2.75, 3.05) is 19.6 Å². The fourth-order valence-corrected chi connectivity index (χ4v) is 5.11. The van der Waals surface area contributed by atoms with Crippen molar-refractivity contribution >= 4 is 28.5 Å². The van der Waals surface area contributed by atoms with Gasteiger partial charge in [0.15, 0.2) is 0 Å². The van der Waals surface area contributed by atoms with E-state index < -0.39 is 6.04 Å². The third-order valence-corrected chi connectivity index (χ3v) is 7.75. The molecule has 2 aromatic carbocycles. The number of carbonyl (C=O) groups is 3. The molecule has 3 rings (SSSR count). The first-order chi connectivity index (χ1) is 17.3. The molecule has 2 aromatic rings. The van der Waals surface area contributed by atoms with Crippen molar-refractivity contribution in [1.29, 1.82) is 0 Å². The van der Waals surface area contributed by atoms with Gasteiger partial charge in [0.1, 0.15) is 6.04 Å². The topological polar surface area (TPSA) is 69.7 Å². The minimum atomic E-state index is -0.601. The standard InChI is InChI=1S/C30H43N3O3/c1-6-9-12-23(8-3)29(35)33-18-17-32(20-22(33)5)30(36)27(21(4)7-2)31-28(34)26-16-15-24-13-10-11-14-25(24)19-26/h10-11,13-16,19,21-23,27H,6-9,12,17-18,20H2,1-5H3,(H,31,34)/t21-,22+,23-,27+/m0/s1. The number of rotatable bonds is 10. The van der Waals surface area contributed by atoms with E-state index in [4.69, 9.17) is 0 Å². The van der Waals surface area contributed by atoms with Gasteiger partial charge in [0.05, 0.1) is 0 Å². The van der Waals surface area contributed by atoms with Crippen LogP contribution in [0.1, 0.15) is 77.1 Å². The molecule has 0 aliphatic carbocycles. The van der Waals surface area contributed by atoms with Gasteiger partial charge in [-0.15, -0.1) is 0 Å². The molecule has 6 heteroatoms. The zero-order chi connectivity index (χ0) is 26.2. The van der Waals surface area contributed by atoms with Gasteiger partial charge in [-0.3, -0.25) is 14.4 Å². The molecule has 1 aliphatic heterocycles. The van der Waals surface area contributed by atoms with Crippen LogP contribution in [0.25, 0.3) is 10.8 Å². The van der Waals surface area contributed by atoms with Crippen LogP contribution in [-0.2, 0) is 9.59 Å². The third-order valence-electron chi connectivity index (χ3n) is 7.75. The Labute approximate surface area is 216 Å². The van der Waals surface area contributed by atoms with Crippen molar-refractivity contribution in [2.24, 2.45) is 11.8 Å². The van der Waals surface area contributed by atoms with E-state index in [1.54, 1.807) is 0 Å². The first-order valence-corrected chi connectivity index (χ1v) is 13.7. The summed E-state index contributed by atoms with van der Waals surface area (Å²) in [6.07, 6.45) is 4.70. The Morgan fingerprint density at radius 3 is 2.33 bits per heavy atom. The molecule has 4 atom stereocenters. The minimum Gasteiger partial charge on any atom is -0.340 e. The molecule has 1 N–H and O–H groups in total. The van der Waals surface area contributed by atoms with Gasteiger partial charge >= 0.3 is 0 Å². The number of piperazine rings is 1. The van der Waals surface area contributed by atoms with Crippen molar-refractivity contribution in [1.82, 2.24) is 15.1 Å². The lowest BCUT2D eigenvalue weighted by molar-refractivity contribution is -0.146. The average molecular weight is 494 g/mol. The van der Waals surface area contributed by atoms with Crippen LogP contribution >= 0.6 is 0 Å². The normalized spacial score (nSPS) is 18.5. The lowest BCUT2D eigenvalue weighted by Gasteiger charge is -2.42. The van der Waals surface area contributed by atoms with Gasteiger partial charge in [-0.25, -0.2) is 0 Å². The first kappa shape index (κ1) is 27.7. The van der Waals surface area contributed by atoms with Crippen molar-refractivity contribution < 1.29 is 14.4 Å². The van der Waals surface area contributed by atoms with Gasteiger partial charge in [0, 0.05) is 37.2 Å². The monoisotopic (exact) mass is 493 g/mol. The number of benzene rings is 2. The summed E-state index contributed by atoms with van der Waals surface area (Å²) >= 11 is 0. The van der Waals surface area contributed by atoms with E-state index >= 15 is 0 Å². The number of unbranched alkanes of at least 4 members (excludes halogenated alkanes) is 1. The lowest BCUT2D eigenvalue weighted by atomic mass is 9.95. The van der Waals surface area contributed by atoms with E-state index in [2.05, 4.69) is 19.2 Å². The summed E-state index contributed by atoms with van der Waals surface area (Å²) in [6.45, 7) is 11.8. The highest BCUT2D eigenvalue weighted by Crippen LogP contribution is 2.22. The largest absolute Gasteiger partial charge is 0.340 e. The second-order valence-corrected chi connectivity index (χ2v) is 10.3. The van der Waals surface area contributed by atoms with Crippen molar-refractivity contribution in [3.63, 3.8) is 0 Å². The third kappa shape index (κ3) is 6.45. The molecule has 0 saturated carbocycles. The van der Waals surface area contributed by atoms with Gasteiger partial charge < -0.3 is 15.1 Å². The number of fused-ring (bicyclic) bond motifs is 1. The van der Waals surface area contributed by atoms with E-state index in [0.29, 0.717) is 25.2 Å². The smallest absolute Gasteiger partial charge is 0.251 e. The quantitative estimate of drug-likeness (QED) is 0.491. The highest BCUT2D eigenvalue weighted by Gasteiger charge is 2.36. The van der Waals surface area contributed by atoms with Crippen LogP contribution < -0.4 is 5.32 Å². The molecule has 36 heavy (non-hydrogen) atoms. The molecule has 0 unspecified atom stereocenters. The van der Waals surface area contributed by atoms with Crippen LogP contribution in [0.2, 0.25) is 0 Å². The van der Waals surface area contributed by atoms with Gasteiger partial charge in [0.25, 0.3) is 5.91 Å². The van der Waals surface area contributed by atoms with Crippen molar-refractivity contribution in [3.05, 3.63) is 48.0 Å². The Morgan fingerprint density at radius 2 is 1.69 bits per heavy atom. The molecule has 0 aromatic heterocycles. The molecule has 1 fully saturated rings. The Kier molecular flexibility index (Phi) is 9.91. The number of nitrogens with one attached hydrogen (secondary N) is 1. The molecule has 0 radical (unpaired) electrons. The molecule has 3 amide bonds. The molecule has 1 heterocycles. The SMILES string of the molecule is CCCC[C@H](CC)C(=O)N1CCN(C(=O)[C@H](NC(=O)c2ccc3ccccc3c2)[C@@H](C)CC)C[C@H]1C. The molecule has 1 saturated heterocycles. The molecular formula is C30H43N3O3. The maximum Gasteiger partial charge on any atom is 0.251 e. The summed E-state index contributed by atoms with van der Waals surface area (Å²) in [7, 11) is 0. The van der Waals surface area contributed by atoms with Crippen LogP contribution in [-0.4, -0.2) is 59.2 Å². The number of hydrogen-bond donors (Lipinski definition) is 1. The highest BCUT2D eigenvalue weighted by molar-refractivity contribution is 6.00. The molecule has 0 spiro atoms. The molecular weight excluding hydrogens is 450 g/mol. The lowest BCUT2D eigenvalue weighted by Crippen LogP contribution is -2.60. The van der Waals surface area contributed by atoms with E-state index in [1.165, 1.54) is 0 Å². The van der Waals surface area contributed by atoms with Crippen LogP contribution in [0.15, 0.2) is 42.5 Å². The maximum absolute atomic E-state index is 13.6. The van der Waals surface area contributed by atoms with E-state index in [1.807, 2.05) is 73.0 Å². The van der Waals surface area contributed by atoms with Gasteiger partial charge in [-0.2, -0.15) is 0 Å². The van der Waals surface area contributed by atoms with E-state index in [0.717, 1.165) is 42.9 Å². The van der Waals surface area contributed by atoms with E-state index in [-0.39, 0.29) is 35.6 Å². The van der Waals surface area contributed by atoms with Gasteiger partial charge in [0.2, 0.25) is 11.8 Å². The Morgan fingerprint density at radius 1 is 0.972 bits per heavy atom. The fraction of sp³-hybridized carbons (Fsp3) is 0.567. The number of carbonyl (C=O) groups excluding carboxylic acids is 3. The summed E-state index contributed by atoms with van der Waals surface area (Å²) in [4.78, 5) is 43.8. The number of hydrogen-bond acceptors (Lipinski definition) is 3. The molecule has 0 bridgehead atoms. The van der Waals surface area contributed by atoms with Crippen LogP contribution in [0.3, 0.4) is 0 Å². The molecule has 6 nitrogen and oxygen atoms in total. The van der Waals surface area contributed by atoms with Crippen LogP contribution in [0.5, 0.6) is 0 Å². The predicted octanol–water partition coefficient (Wildman–Crippen LogP) is 5.26.